The minimum absolute atomic E-state index is 1.12. The average molecular weight is 152 g/mol. The maximum Gasteiger partial charge on any atom is 0.0269 e. The molecule has 0 unspecified atom stereocenters. The largest absolute Gasteiger partial charge is 0.141 e. The molecule has 54 valence electrons. The molecule has 1 heterocycles. The van der Waals surface area contributed by atoms with E-state index < -0.39 is 0 Å². The first kappa shape index (κ1) is 7.55. The normalized spacial score (nSPS) is 11.0. The second-order valence-corrected chi connectivity index (χ2v) is 3.58. The molecule has 0 aliphatic carbocycles. The van der Waals surface area contributed by atoms with E-state index in [-0.39, 0.29) is 0 Å². The zero-order chi connectivity index (χ0) is 7.40. The maximum atomic E-state index is 2.19. The third-order valence-corrected chi connectivity index (χ3v) is 2.24. The summed E-state index contributed by atoms with van der Waals surface area (Å²) < 4.78 is 0. The number of rotatable bonds is 2. The van der Waals surface area contributed by atoms with Crippen molar-refractivity contribution in [1.29, 1.82) is 0 Å². The zero-order valence-electron chi connectivity index (χ0n) is 6.42. The van der Waals surface area contributed by atoms with Crippen molar-refractivity contribution in [2.75, 3.05) is 0 Å². The summed E-state index contributed by atoms with van der Waals surface area (Å²) in [5, 5.41) is 0. The SMILES string of the molecule is CC/C=C\c1ccc(C)s1. The van der Waals surface area contributed by atoms with Crippen molar-refractivity contribution in [3.63, 3.8) is 0 Å². The maximum absolute atomic E-state index is 2.19. The van der Waals surface area contributed by atoms with Crippen molar-refractivity contribution in [3.8, 4) is 0 Å². The van der Waals surface area contributed by atoms with Gasteiger partial charge < -0.3 is 0 Å². The minimum Gasteiger partial charge on any atom is -0.141 e. The first-order valence-corrected chi connectivity index (χ1v) is 4.37. The standard InChI is InChI=1S/C9H12S/c1-3-4-5-9-7-6-8(2)10-9/h4-7H,3H2,1-2H3/b5-4-. The molecule has 0 fully saturated rings. The molecule has 1 aromatic heterocycles. The van der Waals surface area contributed by atoms with Crippen LogP contribution in [0.4, 0.5) is 0 Å². The Hall–Kier alpha value is -0.560. The molecule has 10 heavy (non-hydrogen) atoms. The molecule has 0 nitrogen and oxygen atoms in total. The molecule has 1 aromatic rings. The highest BCUT2D eigenvalue weighted by molar-refractivity contribution is 7.12. The molecule has 0 bridgehead atoms. The molecule has 1 rings (SSSR count). The highest BCUT2D eigenvalue weighted by Crippen LogP contribution is 2.16. The summed E-state index contributed by atoms with van der Waals surface area (Å²) in [6, 6.07) is 4.31. The molecule has 0 N–H and O–H groups in total. The van der Waals surface area contributed by atoms with Crippen LogP contribution in [-0.4, -0.2) is 0 Å². The van der Waals surface area contributed by atoms with Gasteiger partial charge >= 0.3 is 0 Å². The summed E-state index contributed by atoms with van der Waals surface area (Å²) in [5.41, 5.74) is 0. The second kappa shape index (κ2) is 3.57. The molecule has 0 saturated carbocycles. The Balaban J connectivity index is 2.67. The number of hydrogen-bond donors (Lipinski definition) is 0. The molecular formula is C9H12S. The molecule has 0 atom stereocenters. The summed E-state index contributed by atoms with van der Waals surface area (Å²) in [4.78, 5) is 2.75. The van der Waals surface area contributed by atoms with Gasteiger partial charge in [0, 0.05) is 9.75 Å². The lowest BCUT2D eigenvalue weighted by Gasteiger charge is -1.80. The fourth-order valence-electron chi connectivity index (χ4n) is 0.777. The molecule has 1 heteroatoms. The Bertz CT molecular complexity index is 220. The van der Waals surface area contributed by atoms with Gasteiger partial charge in [-0.3, -0.25) is 0 Å². The van der Waals surface area contributed by atoms with E-state index >= 15 is 0 Å². The van der Waals surface area contributed by atoms with Crippen LogP contribution >= 0.6 is 11.3 Å². The summed E-state index contributed by atoms with van der Waals surface area (Å²) in [6.07, 6.45) is 5.49. The summed E-state index contributed by atoms with van der Waals surface area (Å²) >= 11 is 1.84. The summed E-state index contributed by atoms with van der Waals surface area (Å²) in [6.45, 7) is 4.28. The first-order chi connectivity index (χ1) is 4.83. The van der Waals surface area contributed by atoms with E-state index in [9.17, 15) is 0 Å². The Morgan fingerprint density at radius 1 is 1.50 bits per heavy atom. The van der Waals surface area contributed by atoms with Crippen LogP contribution < -0.4 is 0 Å². The minimum atomic E-state index is 1.12. The van der Waals surface area contributed by atoms with E-state index in [0.29, 0.717) is 0 Å². The summed E-state index contributed by atoms with van der Waals surface area (Å²) in [5.74, 6) is 0. The van der Waals surface area contributed by atoms with Crippen molar-refractivity contribution in [2.45, 2.75) is 20.3 Å². The van der Waals surface area contributed by atoms with E-state index in [1.165, 1.54) is 9.75 Å². The van der Waals surface area contributed by atoms with Crippen LogP contribution in [0, 0.1) is 6.92 Å². The van der Waals surface area contributed by atoms with Gasteiger partial charge in [-0.1, -0.05) is 13.0 Å². The molecular weight excluding hydrogens is 140 g/mol. The van der Waals surface area contributed by atoms with Crippen LogP contribution in [0.3, 0.4) is 0 Å². The fraction of sp³-hybridized carbons (Fsp3) is 0.333. The van der Waals surface area contributed by atoms with Crippen LogP contribution in [0.1, 0.15) is 23.1 Å². The van der Waals surface area contributed by atoms with Gasteiger partial charge in [0.1, 0.15) is 0 Å². The van der Waals surface area contributed by atoms with Gasteiger partial charge in [-0.05, 0) is 31.6 Å². The van der Waals surface area contributed by atoms with Gasteiger partial charge in [0.15, 0.2) is 0 Å². The summed E-state index contributed by atoms with van der Waals surface area (Å²) in [7, 11) is 0. The molecule has 0 amide bonds. The van der Waals surface area contributed by atoms with Crippen LogP contribution in [0.5, 0.6) is 0 Å². The van der Waals surface area contributed by atoms with Crippen LogP contribution in [0.15, 0.2) is 18.2 Å². The topological polar surface area (TPSA) is 0 Å². The Morgan fingerprint density at radius 2 is 2.30 bits per heavy atom. The van der Waals surface area contributed by atoms with Gasteiger partial charge in [0.05, 0.1) is 0 Å². The second-order valence-electron chi connectivity index (χ2n) is 2.26. The van der Waals surface area contributed by atoms with E-state index in [2.05, 4.69) is 38.1 Å². The van der Waals surface area contributed by atoms with Crippen molar-refractivity contribution < 1.29 is 0 Å². The lowest BCUT2D eigenvalue weighted by Crippen LogP contribution is -1.54. The van der Waals surface area contributed by atoms with Crippen molar-refractivity contribution in [3.05, 3.63) is 28.0 Å². The predicted molar refractivity (Wildman–Crippen MR) is 48.4 cm³/mol. The van der Waals surface area contributed by atoms with Gasteiger partial charge in [-0.15, -0.1) is 11.3 Å². The Kier molecular flexibility index (Phi) is 2.69. The van der Waals surface area contributed by atoms with E-state index in [1.807, 2.05) is 11.3 Å². The lowest BCUT2D eigenvalue weighted by molar-refractivity contribution is 1.23. The molecule has 0 spiro atoms. The Labute approximate surface area is 66.2 Å². The predicted octanol–water partition coefficient (Wildman–Crippen LogP) is 3.48. The number of hydrogen-bond acceptors (Lipinski definition) is 1. The van der Waals surface area contributed by atoms with Gasteiger partial charge in [-0.25, -0.2) is 0 Å². The molecule has 0 saturated heterocycles. The van der Waals surface area contributed by atoms with E-state index in [0.717, 1.165) is 6.42 Å². The number of thiophene rings is 1. The Morgan fingerprint density at radius 3 is 2.80 bits per heavy atom. The van der Waals surface area contributed by atoms with Crippen LogP contribution in [0.2, 0.25) is 0 Å². The third kappa shape index (κ3) is 1.99. The monoisotopic (exact) mass is 152 g/mol. The van der Waals surface area contributed by atoms with Gasteiger partial charge in [0.25, 0.3) is 0 Å². The average Bonchev–Trinajstić information content (AvgIpc) is 2.31. The van der Waals surface area contributed by atoms with E-state index in [1.54, 1.807) is 0 Å². The van der Waals surface area contributed by atoms with E-state index in [4.69, 9.17) is 0 Å². The number of aryl methyl sites for hydroxylation is 1. The van der Waals surface area contributed by atoms with Gasteiger partial charge in [-0.2, -0.15) is 0 Å². The molecule has 0 aliphatic heterocycles. The zero-order valence-corrected chi connectivity index (χ0v) is 7.24. The van der Waals surface area contributed by atoms with Crippen LogP contribution in [-0.2, 0) is 0 Å². The van der Waals surface area contributed by atoms with Crippen LogP contribution in [0.25, 0.3) is 6.08 Å². The highest BCUT2D eigenvalue weighted by atomic mass is 32.1. The quantitative estimate of drug-likeness (QED) is 0.608. The first-order valence-electron chi connectivity index (χ1n) is 3.56. The molecule has 0 aliphatic rings. The van der Waals surface area contributed by atoms with Crippen molar-refractivity contribution >= 4 is 17.4 Å². The highest BCUT2D eigenvalue weighted by Gasteiger charge is 1.88. The van der Waals surface area contributed by atoms with Crippen molar-refractivity contribution in [2.24, 2.45) is 0 Å². The smallest absolute Gasteiger partial charge is 0.0269 e. The third-order valence-electron chi connectivity index (χ3n) is 1.28. The lowest BCUT2D eigenvalue weighted by atomic mass is 10.3. The fourth-order valence-corrected chi connectivity index (χ4v) is 1.59. The number of allylic oxidation sites excluding steroid dienone is 1. The molecule has 0 aromatic carbocycles. The van der Waals surface area contributed by atoms with Crippen molar-refractivity contribution in [1.82, 2.24) is 0 Å². The molecule has 0 radical (unpaired) electrons. The van der Waals surface area contributed by atoms with Gasteiger partial charge in [0.2, 0.25) is 0 Å².